The number of nitrogens with zero attached hydrogens (tertiary/aromatic N) is 1. The van der Waals surface area contributed by atoms with Gasteiger partial charge in [-0.3, -0.25) is 0 Å². The van der Waals surface area contributed by atoms with Crippen LogP contribution in [0.25, 0.3) is 10.9 Å². The van der Waals surface area contributed by atoms with Gasteiger partial charge >= 0.3 is 13.2 Å². The van der Waals surface area contributed by atoms with Gasteiger partial charge in [0.05, 0.1) is 29.4 Å². The van der Waals surface area contributed by atoms with Gasteiger partial charge in [-0.1, -0.05) is 12.1 Å². The molecule has 1 aromatic carbocycles. The van der Waals surface area contributed by atoms with Crippen LogP contribution in [0.1, 0.15) is 38.1 Å². The van der Waals surface area contributed by atoms with Crippen LogP contribution in [0.15, 0.2) is 30.5 Å². The third-order valence-electron chi connectivity index (χ3n) is 4.61. The highest BCUT2D eigenvalue weighted by Gasteiger charge is 2.53. The summed E-state index contributed by atoms with van der Waals surface area (Å²) >= 11 is 0. The third-order valence-corrected chi connectivity index (χ3v) is 4.61. The van der Waals surface area contributed by atoms with Crippen LogP contribution in [-0.2, 0) is 14.0 Å². The van der Waals surface area contributed by atoms with Crippen molar-refractivity contribution in [3.8, 4) is 0 Å². The summed E-state index contributed by atoms with van der Waals surface area (Å²) in [7, 11) is 0.803. The number of esters is 1. The number of para-hydroxylation sites is 1. The van der Waals surface area contributed by atoms with E-state index in [-0.39, 0.29) is 5.97 Å². The van der Waals surface area contributed by atoms with Crippen molar-refractivity contribution in [2.75, 3.05) is 7.11 Å². The van der Waals surface area contributed by atoms with E-state index in [1.165, 1.54) is 7.11 Å². The maximum atomic E-state index is 12.0. The summed E-state index contributed by atoms with van der Waals surface area (Å²) in [5.74, 6) is -0.373. The number of aromatic nitrogens is 1. The molecular weight excluding hydrogens is 281 g/mol. The molecule has 0 radical (unpaired) electrons. The third kappa shape index (κ3) is 2.14. The van der Waals surface area contributed by atoms with Gasteiger partial charge < -0.3 is 18.5 Å². The van der Waals surface area contributed by atoms with Crippen molar-refractivity contribution in [2.24, 2.45) is 0 Å². The zero-order valence-electron chi connectivity index (χ0n) is 13.5. The Morgan fingerprint density at radius 1 is 1.14 bits per heavy atom. The monoisotopic (exact) mass is 301 g/mol. The summed E-state index contributed by atoms with van der Waals surface area (Å²) in [6, 6.07) is 7.47. The number of carbonyl (C=O) groups excluding carboxylic acids is 1. The van der Waals surface area contributed by atoms with Crippen LogP contribution in [0.2, 0.25) is 0 Å². The summed E-state index contributed by atoms with van der Waals surface area (Å²) < 4.78 is 18.9. The van der Waals surface area contributed by atoms with Crippen LogP contribution in [0, 0.1) is 0 Å². The van der Waals surface area contributed by atoms with Gasteiger partial charge in [0, 0.05) is 0 Å². The molecule has 1 aliphatic heterocycles. The quantitative estimate of drug-likeness (QED) is 0.632. The lowest BCUT2D eigenvalue weighted by Gasteiger charge is -2.32. The van der Waals surface area contributed by atoms with Crippen LogP contribution < -0.4 is 0 Å². The van der Waals surface area contributed by atoms with Gasteiger partial charge in [0.1, 0.15) is 0 Å². The average molecular weight is 301 g/mol. The number of methoxy groups -OCH3 is 1. The highest BCUT2D eigenvalue weighted by molar-refractivity contribution is 6.45. The molecule has 0 unspecified atom stereocenters. The minimum absolute atomic E-state index is 0.373. The molecular formula is C16H20BNO4. The van der Waals surface area contributed by atoms with Crippen molar-refractivity contribution in [1.29, 1.82) is 0 Å². The lowest BCUT2D eigenvalue weighted by Crippen LogP contribution is -2.41. The number of hydrogen-bond donors (Lipinski definition) is 0. The van der Waals surface area contributed by atoms with E-state index in [2.05, 4.69) is 0 Å². The minimum Gasteiger partial charge on any atom is -0.465 e. The molecule has 1 saturated heterocycles. The second-order valence-corrected chi connectivity index (χ2v) is 6.52. The summed E-state index contributed by atoms with van der Waals surface area (Å²) in [5, 5.41) is 0.942. The molecule has 0 saturated carbocycles. The Morgan fingerprint density at radius 3 is 2.36 bits per heavy atom. The SMILES string of the molecule is COC(=O)c1cccc2ccn(B3OC(C)(C)C(C)(C)O3)c12. The number of hydrogen-bond acceptors (Lipinski definition) is 4. The first-order chi connectivity index (χ1) is 10.3. The predicted molar refractivity (Wildman–Crippen MR) is 84.8 cm³/mol. The van der Waals surface area contributed by atoms with Crippen molar-refractivity contribution in [3.63, 3.8) is 0 Å². The van der Waals surface area contributed by atoms with E-state index in [0.29, 0.717) is 5.56 Å². The van der Waals surface area contributed by atoms with Gasteiger partial charge in [-0.25, -0.2) is 4.79 Å². The number of benzene rings is 1. The second-order valence-electron chi connectivity index (χ2n) is 6.52. The minimum atomic E-state index is -0.576. The molecule has 0 aliphatic carbocycles. The highest BCUT2D eigenvalue weighted by Crippen LogP contribution is 2.38. The fourth-order valence-corrected chi connectivity index (χ4v) is 2.60. The number of carbonyl (C=O) groups is 1. The van der Waals surface area contributed by atoms with Crippen molar-refractivity contribution in [1.82, 2.24) is 4.48 Å². The van der Waals surface area contributed by atoms with Gasteiger partial charge in [-0.05, 0) is 51.4 Å². The molecule has 0 spiro atoms. The zero-order valence-corrected chi connectivity index (χ0v) is 13.5. The van der Waals surface area contributed by atoms with Crippen LogP contribution in [0.3, 0.4) is 0 Å². The van der Waals surface area contributed by atoms with E-state index < -0.39 is 18.5 Å². The molecule has 116 valence electrons. The number of fused-ring (bicyclic) bond motifs is 1. The van der Waals surface area contributed by atoms with E-state index in [4.69, 9.17) is 14.0 Å². The lowest BCUT2D eigenvalue weighted by molar-refractivity contribution is 0.00578. The molecule has 22 heavy (non-hydrogen) atoms. The van der Waals surface area contributed by atoms with E-state index in [1.54, 1.807) is 6.07 Å². The van der Waals surface area contributed by atoms with Gasteiger partial charge in [-0.15, -0.1) is 0 Å². The summed E-state index contributed by atoms with van der Waals surface area (Å²) in [6.45, 7) is 8.00. The van der Waals surface area contributed by atoms with Gasteiger partial charge in [0.2, 0.25) is 0 Å². The number of ether oxygens (including phenoxy) is 1. The second kappa shape index (κ2) is 4.86. The van der Waals surface area contributed by atoms with Gasteiger partial charge in [0.25, 0.3) is 0 Å². The van der Waals surface area contributed by atoms with E-state index in [1.807, 2.05) is 56.6 Å². The molecule has 2 heterocycles. The summed E-state index contributed by atoms with van der Waals surface area (Å²) in [5.41, 5.74) is 0.385. The molecule has 0 amide bonds. The van der Waals surface area contributed by atoms with E-state index >= 15 is 0 Å². The van der Waals surface area contributed by atoms with E-state index in [0.717, 1.165) is 10.9 Å². The highest BCUT2D eigenvalue weighted by atomic mass is 16.7. The Balaban J connectivity index is 2.12. The van der Waals surface area contributed by atoms with Crippen LogP contribution in [-0.4, -0.2) is 36.0 Å². The Morgan fingerprint density at radius 2 is 1.77 bits per heavy atom. The maximum absolute atomic E-state index is 12.0. The fourth-order valence-electron chi connectivity index (χ4n) is 2.60. The van der Waals surface area contributed by atoms with E-state index in [9.17, 15) is 4.79 Å². The predicted octanol–water partition coefficient (Wildman–Crippen LogP) is 2.86. The molecule has 6 heteroatoms. The summed E-state index contributed by atoms with van der Waals surface area (Å²) in [6.07, 6.45) is 1.87. The van der Waals surface area contributed by atoms with Crippen LogP contribution in [0.4, 0.5) is 0 Å². The Bertz CT molecular complexity index is 719. The fraction of sp³-hybridized carbons (Fsp3) is 0.438. The maximum Gasteiger partial charge on any atom is 0.598 e. The average Bonchev–Trinajstić information content (AvgIpc) is 2.96. The zero-order chi connectivity index (χ0) is 16.1. The molecule has 5 nitrogen and oxygen atoms in total. The van der Waals surface area contributed by atoms with Crippen molar-refractivity contribution < 1.29 is 18.8 Å². The van der Waals surface area contributed by atoms with Crippen molar-refractivity contribution in [2.45, 2.75) is 38.9 Å². The van der Waals surface area contributed by atoms with Crippen LogP contribution in [0.5, 0.6) is 0 Å². The Hall–Kier alpha value is -1.79. The molecule has 1 fully saturated rings. The normalized spacial score (nSPS) is 19.6. The topological polar surface area (TPSA) is 49.7 Å². The number of rotatable bonds is 2. The first-order valence-electron chi connectivity index (χ1n) is 7.30. The largest absolute Gasteiger partial charge is 0.598 e. The molecule has 0 atom stereocenters. The van der Waals surface area contributed by atoms with Crippen LogP contribution >= 0.6 is 0 Å². The molecule has 3 rings (SSSR count). The first kappa shape index (κ1) is 15.1. The van der Waals surface area contributed by atoms with Crippen molar-refractivity contribution >= 4 is 24.1 Å². The lowest BCUT2D eigenvalue weighted by atomic mass is 9.90. The molecule has 0 bridgehead atoms. The first-order valence-corrected chi connectivity index (χ1v) is 7.30. The molecule has 0 N–H and O–H groups in total. The molecule has 1 aromatic heterocycles. The standard InChI is InChI=1S/C16H20BNO4/c1-15(2)16(3,4)22-17(21-15)18-10-9-11-7-6-8-12(13(11)18)14(19)20-5/h6-10H,1-5H3. The Labute approximate surface area is 130 Å². The van der Waals surface area contributed by atoms with Crippen molar-refractivity contribution in [3.05, 3.63) is 36.0 Å². The smallest absolute Gasteiger partial charge is 0.465 e. The van der Waals surface area contributed by atoms with Gasteiger partial charge in [-0.2, -0.15) is 0 Å². The van der Waals surface area contributed by atoms with Gasteiger partial charge in [0.15, 0.2) is 0 Å². The summed E-state index contributed by atoms with van der Waals surface area (Å²) in [4.78, 5) is 12.0. The molecule has 1 aliphatic rings. The molecule has 2 aromatic rings. The Kier molecular flexibility index (Phi) is 3.34.